The van der Waals surface area contributed by atoms with E-state index in [-0.39, 0.29) is 17.2 Å². The van der Waals surface area contributed by atoms with Crippen molar-refractivity contribution in [3.8, 4) is 0 Å². The van der Waals surface area contributed by atoms with Gasteiger partial charge in [-0.15, -0.1) is 29.3 Å². The molecule has 1 spiro atoms. The molecule has 2 aromatic heterocycles. The van der Waals surface area contributed by atoms with Crippen molar-refractivity contribution in [1.82, 2.24) is 14.8 Å². The third-order valence-electron chi connectivity index (χ3n) is 5.43. The summed E-state index contributed by atoms with van der Waals surface area (Å²) >= 11 is 3.53. The third kappa shape index (κ3) is 2.96. The quantitative estimate of drug-likeness (QED) is 0.753. The number of amides is 1. The first-order valence-electron chi connectivity index (χ1n) is 8.70. The summed E-state index contributed by atoms with van der Waals surface area (Å²) in [5.74, 6) is 0.494. The molecule has 6 heteroatoms. The Hall–Kier alpha value is -1.50. The zero-order valence-corrected chi connectivity index (χ0v) is 16.1. The maximum absolute atomic E-state index is 13.3. The van der Waals surface area contributed by atoms with E-state index in [4.69, 9.17) is 0 Å². The molecule has 4 nitrogen and oxygen atoms in total. The molecule has 2 atom stereocenters. The number of aryl methyl sites for hydroxylation is 1. The summed E-state index contributed by atoms with van der Waals surface area (Å²) in [6, 6.07) is 4.39. The van der Waals surface area contributed by atoms with Crippen molar-refractivity contribution in [2.24, 2.45) is 5.41 Å². The van der Waals surface area contributed by atoms with E-state index in [0.29, 0.717) is 6.54 Å². The van der Waals surface area contributed by atoms with E-state index in [1.807, 2.05) is 33.9 Å². The molecular weight excluding hydrogens is 350 g/mol. The number of likely N-dealkylation sites (tertiary alicyclic amines) is 2. The van der Waals surface area contributed by atoms with Crippen LogP contribution in [0.4, 0.5) is 0 Å². The van der Waals surface area contributed by atoms with E-state index in [2.05, 4.69) is 35.5 Å². The molecule has 0 unspecified atom stereocenters. The van der Waals surface area contributed by atoms with Gasteiger partial charge in [-0.1, -0.05) is 6.08 Å². The molecule has 2 saturated heterocycles. The molecule has 0 radical (unpaired) electrons. The lowest BCUT2D eigenvalue weighted by Gasteiger charge is -2.27. The van der Waals surface area contributed by atoms with Crippen molar-refractivity contribution in [2.75, 3.05) is 26.2 Å². The van der Waals surface area contributed by atoms with Gasteiger partial charge in [-0.05, 0) is 25.5 Å². The summed E-state index contributed by atoms with van der Waals surface area (Å²) in [5, 5.41) is 3.13. The van der Waals surface area contributed by atoms with Gasteiger partial charge in [-0.3, -0.25) is 9.69 Å². The van der Waals surface area contributed by atoms with Crippen LogP contribution in [0.25, 0.3) is 0 Å². The average Bonchev–Trinajstić information content (AvgIpc) is 3.35. The van der Waals surface area contributed by atoms with E-state index >= 15 is 0 Å². The normalized spacial score (nSPS) is 26.8. The van der Waals surface area contributed by atoms with Gasteiger partial charge in [0.1, 0.15) is 0 Å². The predicted molar refractivity (Wildman–Crippen MR) is 103 cm³/mol. The zero-order chi connectivity index (χ0) is 17.4. The van der Waals surface area contributed by atoms with Gasteiger partial charge in [0.15, 0.2) is 0 Å². The minimum Gasteiger partial charge on any atom is -0.338 e. The minimum absolute atomic E-state index is 0.205. The van der Waals surface area contributed by atoms with E-state index in [9.17, 15) is 4.79 Å². The maximum Gasteiger partial charge on any atom is 0.231 e. The Kier molecular flexibility index (Phi) is 4.52. The van der Waals surface area contributed by atoms with E-state index in [1.165, 1.54) is 9.75 Å². The van der Waals surface area contributed by atoms with E-state index in [0.717, 1.165) is 37.6 Å². The van der Waals surface area contributed by atoms with Gasteiger partial charge in [0.25, 0.3) is 0 Å². The van der Waals surface area contributed by atoms with Gasteiger partial charge in [0.2, 0.25) is 5.91 Å². The number of hydrogen-bond donors (Lipinski definition) is 0. The smallest absolute Gasteiger partial charge is 0.231 e. The highest BCUT2D eigenvalue weighted by molar-refractivity contribution is 7.11. The second-order valence-corrected chi connectivity index (χ2v) is 9.35. The monoisotopic (exact) mass is 373 g/mol. The first-order valence-corrected chi connectivity index (χ1v) is 10.4. The number of thiophene rings is 1. The Morgan fingerprint density at radius 1 is 1.48 bits per heavy atom. The summed E-state index contributed by atoms with van der Waals surface area (Å²) in [6.45, 7) is 10.1. The van der Waals surface area contributed by atoms with Crippen LogP contribution >= 0.6 is 22.7 Å². The van der Waals surface area contributed by atoms with Gasteiger partial charge < -0.3 is 4.90 Å². The largest absolute Gasteiger partial charge is 0.338 e. The molecular formula is C19H23N3OS2. The number of rotatable bonds is 5. The Labute approximate surface area is 156 Å². The van der Waals surface area contributed by atoms with Crippen LogP contribution in [0.3, 0.4) is 0 Å². The topological polar surface area (TPSA) is 36.4 Å². The molecule has 2 aliphatic rings. The van der Waals surface area contributed by atoms with E-state index in [1.54, 1.807) is 11.3 Å². The molecule has 0 bridgehead atoms. The first kappa shape index (κ1) is 16.9. The van der Waals surface area contributed by atoms with Crippen LogP contribution < -0.4 is 0 Å². The van der Waals surface area contributed by atoms with Crippen molar-refractivity contribution in [3.63, 3.8) is 0 Å². The number of aromatic nitrogens is 1. The second-order valence-electron chi connectivity index (χ2n) is 7.05. The van der Waals surface area contributed by atoms with Gasteiger partial charge in [-0.25, -0.2) is 4.98 Å². The lowest BCUT2D eigenvalue weighted by molar-refractivity contribution is -0.135. The fourth-order valence-corrected chi connectivity index (χ4v) is 6.08. The van der Waals surface area contributed by atoms with Crippen molar-refractivity contribution in [3.05, 3.63) is 51.1 Å². The molecule has 0 saturated carbocycles. The third-order valence-corrected chi connectivity index (χ3v) is 7.30. The van der Waals surface area contributed by atoms with Crippen LogP contribution in [0.15, 0.2) is 36.4 Å². The molecule has 0 N–H and O–H groups in total. The van der Waals surface area contributed by atoms with Gasteiger partial charge in [0.05, 0.1) is 10.4 Å². The van der Waals surface area contributed by atoms with Crippen molar-refractivity contribution < 1.29 is 4.79 Å². The number of hydrogen-bond acceptors (Lipinski definition) is 5. The van der Waals surface area contributed by atoms with Crippen LogP contribution in [-0.2, 0) is 11.3 Å². The lowest BCUT2D eigenvalue weighted by Crippen LogP contribution is -2.39. The molecule has 2 fully saturated rings. The fraction of sp³-hybridized carbons (Fsp3) is 0.474. The fourth-order valence-electron chi connectivity index (χ4n) is 4.30. The Morgan fingerprint density at radius 3 is 3.04 bits per heavy atom. The van der Waals surface area contributed by atoms with Gasteiger partial charge in [-0.2, -0.15) is 0 Å². The summed E-state index contributed by atoms with van der Waals surface area (Å²) in [4.78, 5) is 25.0. The van der Waals surface area contributed by atoms with Crippen LogP contribution in [0.5, 0.6) is 0 Å². The highest BCUT2D eigenvalue weighted by atomic mass is 32.1. The maximum atomic E-state index is 13.3. The minimum atomic E-state index is -0.312. The van der Waals surface area contributed by atoms with Crippen molar-refractivity contribution >= 4 is 28.6 Å². The van der Waals surface area contributed by atoms with Gasteiger partial charge >= 0.3 is 0 Å². The molecule has 25 heavy (non-hydrogen) atoms. The summed E-state index contributed by atoms with van der Waals surface area (Å²) in [5.41, 5.74) is -0.312. The molecule has 2 aliphatic heterocycles. The summed E-state index contributed by atoms with van der Waals surface area (Å²) in [7, 11) is 0. The Balaban J connectivity index is 1.61. The highest BCUT2D eigenvalue weighted by Gasteiger charge is 2.57. The number of carbonyl (C=O) groups excluding carboxylic acids is 1. The molecule has 4 heterocycles. The summed E-state index contributed by atoms with van der Waals surface area (Å²) < 4.78 is 0. The molecule has 0 aromatic carbocycles. The summed E-state index contributed by atoms with van der Waals surface area (Å²) in [6.07, 6.45) is 4.61. The van der Waals surface area contributed by atoms with Crippen molar-refractivity contribution in [2.45, 2.75) is 25.8 Å². The Bertz CT molecular complexity index is 769. The standard InChI is InChI=1S/C19H23N3OS2/c1-3-8-22-9-6-19(18(22)23)13-21(11-15-5-4-14(2)25-15)12-16(19)17-20-7-10-24-17/h3-5,7,10,16H,1,6,8-9,11-13H2,2H3/t16-,19+/m0/s1. The first-order chi connectivity index (χ1) is 12.1. The average molecular weight is 374 g/mol. The number of carbonyl (C=O) groups is 1. The predicted octanol–water partition coefficient (Wildman–Crippen LogP) is 3.52. The van der Waals surface area contributed by atoms with Gasteiger partial charge in [0, 0.05) is 60.0 Å². The molecule has 132 valence electrons. The Morgan fingerprint density at radius 2 is 2.36 bits per heavy atom. The number of thiazole rings is 1. The molecule has 0 aliphatic carbocycles. The highest BCUT2D eigenvalue weighted by Crippen LogP contribution is 2.50. The molecule has 1 amide bonds. The number of nitrogens with zero attached hydrogens (tertiary/aromatic N) is 3. The van der Waals surface area contributed by atoms with E-state index < -0.39 is 0 Å². The lowest BCUT2D eigenvalue weighted by atomic mass is 9.77. The SMILES string of the molecule is C=CCN1CC[C@]2(CN(Cc3ccc(C)s3)C[C@H]2c2nccs2)C1=O. The zero-order valence-electron chi connectivity index (χ0n) is 14.5. The molecule has 4 rings (SSSR count). The van der Waals surface area contributed by atoms with Crippen molar-refractivity contribution in [1.29, 1.82) is 0 Å². The van der Waals surface area contributed by atoms with Crippen LogP contribution in [0.2, 0.25) is 0 Å². The van der Waals surface area contributed by atoms with Crippen LogP contribution in [0.1, 0.15) is 27.1 Å². The second kappa shape index (κ2) is 6.67. The van der Waals surface area contributed by atoms with Crippen LogP contribution in [-0.4, -0.2) is 46.9 Å². The molecule has 2 aromatic rings. The van der Waals surface area contributed by atoms with Crippen LogP contribution in [0, 0.1) is 12.3 Å².